The summed E-state index contributed by atoms with van der Waals surface area (Å²) in [7, 11) is 0. The van der Waals surface area contributed by atoms with Gasteiger partial charge in [-0.25, -0.2) is 9.18 Å². The first kappa shape index (κ1) is 22.5. The first-order chi connectivity index (χ1) is 13.0. The van der Waals surface area contributed by atoms with Gasteiger partial charge in [0, 0.05) is 29.7 Å². The average molecular weight is 413 g/mol. The number of hydrogen-bond donors (Lipinski definition) is 0. The molecule has 0 unspecified atom stereocenters. The van der Waals surface area contributed by atoms with Crippen molar-refractivity contribution in [1.29, 1.82) is 0 Å². The lowest BCUT2D eigenvalue weighted by Gasteiger charge is -2.37. The standard InChI is InChI=1S/C21H30ClFN2O3/c1-14(2)25(13-16-17(22)9-6-10-18(16)23)19(26)15-8-7-11-24(12-15)20(27)28-21(3,4)5/h6,9-10,14-15H,7-8,11-13H2,1-5H3/t15-/m0/s1. The summed E-state index contributed by atoms with van der Waals surface area (Å²) in [4.78, 5) is 28.8. The third kappa shape index (κ3) is 5.84. The summed E-state index contributed by atoms with van der Waals surface area (Å²) in [5.41, 5.74) is -0.273. The molecule has 28 heavy (non-hydrogen) atoms. The minimum absolute atomic E-state index is 0.0948. The van der Waals surface area contributed by atoms with E-state index in [0.29, 0.717) is 30.1 Å². The maximum Gasteiger partial charge on any atom is 0.410 e. The maximum atomic E-state index is 14.2. The van der Waals surface area contributed by atoms with Gasteiger partial charge < -0.3 is 14.5 Å². The molecule has 1 aromatic rings. The Bertz CT molecular complexity index is 698. The fourth-order valence-corrected chi connectivity index (χ4v) is 3.50. The van der Waals surface area contributed by atoms with Crippen molar-refractivity contribution >= 4 is 23.6 Å². The Labute approximate surface area is 171 Å². The number of carbonyl (C=O) groups is 2. The van der Waals surface area contributed by atoms with Crippen molar-refractivity contribution in [2.24, 2.45) is 5.92 Å². The van der Waals surface area contributed by atoms with E-state index >= 15 is 0 Å². The molecular weight excluding hydrogens is 383 g/mol. The monoisotopic (exact) mass is 412 g/mol. The zero-order valence-corrected chi connectivity index (χ0v) is 18.1. The molecule has 5 nitrogen and oxygen atoms in total. The van der Waals surface area contributed by atoms with Crippen molar-refractivity contribution in [2.45, 2.75) is 65.6 Å². The van der Waals surface area contributed by atoms with E-state index in [1.54, 1.807) is 21.9 Å². The Morgan fingerprint density at radius 1 is 1.36 bits per heavy atom. The minimum atomic E-state index is -0.584. The van der Waals surface area contributed by atoms with Crippen molar-refractivity contribution < 1.29 is 18.7 Å². The second kappa shape index (κ2) is 9.12. The normalized spacial score (nSPS) is 17.6. The summed E-state index contributed by atoms with van der Waals surface area (Å²) < 4.78 is 19.6. The highest BCUT2D eigenvalue weighted by molar-refractivity contribution is 6.31. The molecule has 0 bridgehead atoms. The second-order valence-electron chi connectivity index (χ2n) is 8.53. The molecule has 0 spiro atoms. The van der Waals surface area contributed by atoms with Crippen LogP contribution in [0.5, 0.6) is 0 Å². The zero-order valence-electron chi connectivity index (χ0n) is 17.3. The van der Waals surface area contributed by atoms with Crippen molar-refractivity contribution in [3.05, 3.63) is 34.6 Å². The Morgan fingerprint density at radius 3 is 2.61 bits per heavy atom. The van der Waals surface area contributed by atoms with Crippen LogP contribution in [-0.4, -0.2) is 46.5 Å². The van der Waals surface area contributed by atoms with Crippen molar-refractivity contribution in [3.8, 4) is 0 Å². The Kier molecular flexibility index (Phi) is 7.32. The van der Waals surface area contributed by atoms with Crippen LogP contribution in [0.3, 0.4) is 0 Å². The highest BCUT2D eigenvalue weighted by Crippen LogP contribution is 2.26. The lowest BCUT2D eigenvalue weighted by atomic mass is 9.96. The van der Waals surface area contributed by atoms with Gasteiger partial charge in [0.15, 0.2) is 0 Å². The van der Waals surface area contributed by atoms with Gasteiger partial charge in [-0.2, -0.15) is 0 Å². The first-order valence-electron chi connectivity index (χ1n) is 9.71. The van der Waals surface area contributed by atoms with Crippen molar-refractivity contribution in [2.75, 3.05) is 13.1 Å². The number of hydrogen-bond acceptors (Lipinski definition) is 3. The largest absolute Gasteiger partial charge is 0.444 e. The van der Waals surface area contributed by atoms with Gasteiger partial charge in [0.1, 0.15) is 11.4 Å². The van der Waals surface area contributed by atoms with Crippen molar-refractivity contribution in [1.82, 2.24) is 9.80 Å². The van der Waals surface area contributed by atoms with Crippen LogP contribution >= 0.6 is 11.6 Å². The van der Waals surface area contributed by atoms with E-state index in [1.807, 2.05) is 34.6 Å². The summed E-state index contributed by atoms with van der Waals surface area (Å²) in [5, 5.41) is 0.303. The van der Waals surface area contributed by atoms with Crippen LogP contribution in [-0.2, 0) is 16.1 Å². The molecule has 2 rings (SSSR count). The highest BCUT2D eigenvalue weighted by Gasteiger charge is 2.34. The Hall–Kier alpha value is -1.82. The van der Waals surface area contributed by atoms with Crippen LogP contribution in [0.4, 0.5) is 9.18 Å². The molecule has 0 aromatic heterocycles. The van der Waals surface area contributed by atoms with Crippen molar-refractivity contribution in [3.63, 3.8) is 0 Å². The predicted octanol–water partition coefficient (Wildman–Crippen LogP) is 4.86. The van der Waals surface area contributed by atoms with Crippen LogP contribution in [0.1, 0.15) is 53.0 Å². The number of nitrogens with zero attached hydrogens (tertiary/aromatic N) is 2. The summed E-state index contributed by atoms with van der Waals surface area (Å²) >= 11 is 6.15. The van der Waals surface area contributed by atoms with Crippen LogP contribution in [0.2, 0.25) is 5.02 Å². The number of likely N-dealkylation sites (tertiary alicyclic amines) is 1. The van der Waals surface area contributed by atoms with Crippen LogP contribution in [0.15, 0.2) is 18.2 Å². The minimum Gasteiger partial charge on any atom is -0.444 e. The molecule has 7 heteroatoms. The summed E-state index contributed by atoms with van der Waals surface area (Å²) in [5.74, 6) is -0.859. The Balaban J connectivity index is 2.13. The summed E-state index contributed by atoms with van der Waals surface area (Å²) in [6, 6.07) is 4.38. The van der Waals surface area contributed by atoms with E-state index < -0.39 is 17.5 Å². The van der Waals surface area contributed by atoms with Gasteiger partial charge >= 0.3 is 6.09 Å². The predicted molar refractivity (Wildman–Crippen MR) is 108 cm³/mol. The number of halogens is 2. The average Bonchev–Trinajstić information content (AvgIpc) is 2.59. The number of ether oxygens (including phenoxy) is 1. The number of amides is 2. The fraction of sp³-hybridized carbons (Fsp3) is 0.619. The number of rotatable bonds is 4. The van der Waals surface area contributed by atoms with Gasteiger partial charge in [0.05, 0.1) is 12.5 Å². The molecule has 1 aliphatic heterocycles. The van der Waals surface area contributed by atoms with E-state index in [1.165, 1.54) is 6.07 Å². The van der Waals surface area contributed by atoms with E-state index in [-0.39, 0.29) is 24.4 Å². The van der Waals surface area contributed by atoms with Gasteiger partial charge in [-0.3, -0.25) is 4.79 Å². The van der Waals surface area contributed by atoms with Crippen LogP contribution < -0.4 is 0 Å². The molecule has 156 valence electrons. The number of piperidine rings is 1. The molecule has 2 amide bonds. The molecule has 1 aromatic carbocycles. The third-order valence-electron chi connectivity index (χ3n) is 4.72. The molecule has 1 fully saturated rings. The zero-order chi connectivity index (χ0) is 21.1. The van der Waals surface area contributed by atoms with Crippen LogP contribution in [0, 0.1) is 11.7 Å². The molecule has 0 N–H and O–H groups in total. The Morgan fingerprint density at radius 2 is 2.04 bits per heavy atom. The van der Waals surface area contributed by atoms with Gasteiger partial charge in [0.25, 0.3) is 0 Å². The highest BCUT2D eigenvalue weighted by atomic mass is 35.5. The fourth-order valence-electron chi connectivity index (χ4n) is 3.27. The topological polar surface area (TPSA) is 49.9 Å². The summed E-state index contributed by atoms with van der Waals surface area (Å²) in [6.45, 7) is 10.2. The van der Waals surface area contributed by atoms with E-state index in [2.05, 4.69) is 0 Å². The maximum absolute atomic E-state index is 14.2. The van der Waals surface area contributed by atoms with Crippen LogP contribution in [0.25, 0.3) is 0 Å². The molecular formula is C21H30ClFN2O3. The van der Waals surface area contributed by atoms with Gasteiger partial charge in [-0.1, -0.05) is 17.7 Å². The van der Waals surface area contributed by atoms with Gasteiger partial charge in [0.2, 0.25) is 5.91 Å². The lowest BCUT2D eigenvalue weighted by Crippen LogP contribution is -2.49. The second-order valence-corrected chi connectivity index (χ2v) is 8.93. The number of benzene rings is 1. The van der Waals surface area contributed by atoms with E-state index in [0.717, 1.165) is 6.42 Å². The van der Waals surface area contributed by atoms with E-state index in [4.69, 9.17) is 16.3 Å². The SMILES string of the molecule is CC(C)N(Cc1c(F)cccc1Cl)C(=O)[C@H]1CCCN(C(=O)OC(C)(C)C)C1. The molecule has 1 heterocycles. The first-order valence-corrected chi connectivity index (χ1v) is 10.1. The molecule has 0 aliphatic carbocycles. The van der Waals surface area contributed by atoms with Gasteiger partial charge in [-0.15, -0.1) is 0 Å². The molecule has 1 atom stereocenters. The van der Waals surface area contributed by atoms with E-state index in [9.17, 15) is 14.0 Å². The third-order valence-corrected chi connectivity index (χ3v) is 5.07. The summed E-state index contributed by atoms with van der Waals surface area (Å²) in [6.07, 6.45) is 1.01. The van der Waals surface area contributed by atoms with Gasteiger partial charge in [-0.05, 0) is 59.6 Å². The quantitative estimate of drug-likeness (QED) is 0.709. The lowest BCUT2D eigenvalue weighted by molar-refractivity contribution is -0.139. The number of carbonyl (C=O) groups excluding carboxylic acids is 2. The molecule has 0 radical (unpaired) electrons. The smallest absolute Gasteiger partial charge is 0.410 e. The molecule has 1 saturated heterocycles. The molecule has 0 saturated carbocycles. The molecule has 1 aliphatic rings.